The lowest BCUT2D eigenvalue weighted by Gasteiger charge is -2.22. The van der Waals surface area contributed by atoms with Crippen molar-refractivity contribution < 1.29 is 19.4 Å². The number of aromatic hydroxyl groups is 1. The van der Waals surface area contributed by atoms with Crippen LogP contribution in [0.3, 0.4) is 0 Å². The molecule has 1 aliphatic rings. The first-order chi connectivity index (χ1) is 8.24. The van der Waals surface area contributed by atoms with Gasteiger partial charge in [0.1, 0.15) is 5.75 Å². The Bertz CT molecular complexity index is 366. The first kappa shape index (κ1) is 11.9. The third kappa shape index (κ3) is 3.75. The molecule has 1 atom stereocenters. The van der Waals surface area contributed by atoms with Gasteiger partial charge >= 0.3 is 5.97 Å². The predicted octanol–water partition coefficient (Wildman–Crippen LogP) is 2.00. The molecule has 2 rings (SSSR count). The lowest BCUT2D eigenvalue weighted by molar-refractivity contribution is -0.185. The number of phenols is 1. The van der Waals surface area contributed by atoms with Gasteiger partial charge in [-0.05, 0) is 30.5 Å². The molecule has 0 radical (unpaired) electrons. The number of hydrogen-bond donors (Lipinski definition) is 1. The van der Waals surface area contributed by atoms with Gasteiger partial charge in [-0.1, -0.05) is 12.1 Å². The maximum atomic E-state index is 11.6. The summed E-state index contributed by atoms with van der Waals surface area (Å²) in [6.45, 7) is 0.664. The molecular weight excluding hydrogens is 220 g/mol. The van der Waals surface area contributed by atoms with Crippen molar-refractivity contribution in [3.8, 4) is 5.75 Å². The number of benzene rings is 1. The van der Waals surface area contributed by atoms with Crippen LogP contribution in [0.4, 0.5) is 0 Å². The molecule has 0 amide bonds. The van der Waals surface area contributed by atoms with Gasteiger partial charge < -0.3 is 14.6 Å². The molecule has 1 heterocycles. The highest BCUT2D eigenvalue weighted by atomic mass is 16.7. The molecule has 1 N–H and O–H groups in total. The lowest BCUT2D eigenvalue weighted by Crippen LogP contribution is -2.26. The van der Waals surface area contributed by atoms with Crippen LogP contribution in [-0.2, 0) is 20.7 Å². The average molecular weight is 236 g/mol. The van der Waals surface area contributed by atoms with Crippen LogP contribution >= 0.6 is 0 Å². The van der Waals surface area contributed by atoms with Gasteiger partial charge in [0, 0.05) is 6.42 Å². The summed E-state index contributed by atoms with van der Waals surface area (Å²) in [6, 6.07) is 6.52. The molecule has 1 aliphatic heterocycles. The van der Waals surface area contributed by atoms with Crippen molar-refractivity contribution in [3.05, 3.63) is 29.8 Å². The summed E-state index contributed by atoms with van der Waals surface area (Å²) in [7, 11) is 0. The van der Waals surface area contributed by atoms with Crippen molar-refractivity contribution in [2.45, 2.75) is 32.0 Å². The number of hydrogen-bond acceptors (Lipinski definition) is 4. The van der Waals surface area contributed by atoms with E-state index in [0.29, 0.717) is 6.61 Å². The smallest absolute Gasteiger partial charge is 0.312 e. The minimum Gasteiger partial charge on any atom is -0.508 e. The molecule has 0 aromatic heterocycles. The van der Waals surface area contributed by atoms with Crippen LogP contribution in [0, 0.1) is 0 Å². The largest absolute Gasteiger partial charge is 0.508 e. The Balaban J connectivity index is 1.82. The topological polar surface area (TPSA) is 55.8 Å². The van der Waals surface area contributed by atoms with E-state index in [1.807, 2.05) is 0 Å². The summed E-state index contributed by atoms with van der Waals surface area (Å²) in [5, 5.41) is 9.12. The van der Waals surface area contributed by atoms with Gasteiger partial charge in [0.25, 0.3) is 0 Å². The summed E-state index contributed by atoms with van der Waals surface area (Å²) in [4.78, 5) is 11.6. The molecule has 1 unspecified atom stereocenters. The summed E-state index contributed by atoms with van der Waals surface area (Å²) in [6.07, 6.45) is 2.68. The van der Waals surface area contributed by atoms with Crippen molar-refractivity contribution >= 4 is 5.97 Å². The highest BCUT2D eigenvalue weighted by Gasteiger charge is 2.18. The molecule has 17 heavy (non-hydrogen) atoms. The van der Waals surface area contributed by atoms with Crippen LogP contribution in [0.1, 0.15) is 24.8 Å². The van der Waals surface area contributed by atoms with E-state index < -0.39 is 0 Å². The molecule has 0 bridgehead atoms. The molecule has 4 heteroatoms. The number of carbonyl (C=O) groups excluding carboxylic acids is 1. The lowest BCUT2D eigenvalue weighted by atomic mass is 10.1. The van der Waals surface area contributed by atoms with E-state index in [9.17, 15) is 4.79 Å². The zero-order valence-corrected chi connectivity index (χ0v) is 9.59. The van der Waals surface area contributed by atoms with Crippen LogP contribution < -0.4 is 0 Å². The zero-order chi connectivity index (χ0) is 12.1. The molecule has 1 fully saturated rings. The van der Waals surface area contributed by atoms with Crippen molar-refractivity contribution in [1.82, 2.24) is 0 Å². The Morgan fingerprint density at radius 1 is 1.35 bits per heavy atom. The second-order valence-corrected chi connectivity index (χ2v) is 4.13. The molecule has 1 saturated heterocycles. The fourth-order valence-corrected chi connectivity index (χ4v) is 1.77. The average Bonchev–Trinajstić information content (AvgIpc) is 2.33. The van der Waals surface area contributed by atoms with Gasteiger partial charge in [-0.15, -0.1) is 0 Å². The number of rotatable bonds is 3. The molecule has 92 valence electrons. The van der Waals surface area contributed by atoms with E-state index in [1.165, 1.54) is 0 Å². The number of phenolic OH excluding ortho intramolecular Hbond substituents is 1. The maximum absolute atomic E-state index is 11.6. The first-order valence-electron chi connectivity index (χ1n) is 5.83. The minimum absolute atomic E-state index is 0.192. The van der Waals surface area contributed by atoms with E-state index in [1.54, 1.807) is 24.3 Å². The molecule has 4 nitrogen and oxygen atoms in total. The minimum atomic E-state index is -0.381. The number of carbonyl (C=O) groups is 1. The first-order valence-corrected chi connectivity index (χ1v) is 5.83. The maximum Gasteiger partial charge on any atom is 0.312 e. The summed E-state index contributed by atoms with van der Waals surface area (Å²) < 4.78 is 10.5. The Kier molecular flexibility index (Phi) is 3.98. The van der Waals surface area contributed by atoms with Crippen LogP contribution in [0.2, 0.25) is 0 Å². The van der Waals surface area contributed by atoms with Gasteiger partial charge in [-0.25, -0.2) is 0 Å². The number of ether oxygens (including phenoxy) is 2. The Hall–Kier alpha value is -1.55. The zero-order valence-electron chi connectivity index (χ0n) is 9.59. The fraction of sp³-hybridized carbons (Fsp3) is 0.462. The second kappa shape index (κ2) is 5.68. The van der Waals surface area contributed by atoms with Gasteiger partial charge in [0.05, 0.1) is 13.0 Å². The van der Waals surface area contributed by atoms with Gasteiger partial charge in [-0.2, -0.15) is 0 Å². The third-order valence-corrected chi connectivity index (χ3v) is 2.69. The third-order valence-electron chi connectivity index (χ3n) is 2.69. The van der Waals surface area contributed by atoms with Crippen molar-refractivity contribution in [2.75, 3.05) is 6.61 Å². The van der Waals surface area contributed by atoms with Crippen molar-refractivity contribution in [1.29, 1.82) is 0 Å². The Labute approximate surface area is 100 Å². The molecule has 0 spiro atoms. The Morgan fingerprint density at radius 3 is 2.76 bits per heavy atom. The number of esters is 1. The van der Waals surface area contributed by atoms with E-state index in [2.05, 4.69) is 0 Å². The van der Waals surface area contributed by atoms with Crippen molar-refractivity contribution in [2.24, 2.45) is 0 Å². The molecule has 0 aliphatic carbocycles. The SMILES string of the molecule is O=C(Cc1ccc(O)cc1)OC1CCCCO1. The normalized spacial score (nSPS) is 19.9. The molecule has 1 aromatic rings. The van der Waals surface area contributed by atoms with E-state index in [0.717, 1.165) is 24.8 Å². The van der Waals surface area contributed by atoms with Gasteiger partial charge in [0.2, 0.25) is 6.29 Å². The summed E-state index contributed by atoms with van der Waals surface area (Å²) >= 11 is 0. The standard InChI is InChI=1S/C13H16O4/c14-11-6-4-10(5-7-11)9-12(15)17-13-3-1-2-8-16-13/h4-7,13-14H,1-3,8-9H2. The van der Waals surface area contributed by atoms with E-state index in [-0.39, 0.29) is 24.4 Å². The predicted molar refractivity (Wildman–Crippen MR) is 61.5 cm³/mol. The van der Waals surface area contributed by atoms with Crippen molar-refractivity contribution in [3.63, 3.8) is 0 Å². The molecular formula is C13H16O4. The monoisotopic (exact) mass is 236 g/mol. The summed E-state index contributed by atoms with van der Waals surface area (Å²) in [5.74, 6) is -0.0969. The fourth-order valence-electron chi connectivity index (χ4n) is 1.77. The molecule has 1 aromatic carbocycles. The second-order valence-electron chi connectivity index (χ2n) is 4.13. The van der Waals surface area contributed by atoms with E-state index in [4.69, 9.17) is 14.6 Å². The highest BCUT2D eigenvalue weighted by Crippen LogP contribution is 2.15. The van der Waals surface area contributed by atoms with Crippen LogP contribution in [0.15, 0.2) is 24.3 Å². The van der Waals surface area contributed by atoms with Gasteiger partial charge in [-0.3, -0.25) is 4.79 Å². The van der Waals surface area contributed by atoms with E-state index >= 15 is 0 Å². The van der Waals surface area contributed by atoms with Gasteiger partial charge in [0.15, 0.2) is 0 Å². The van der Waals surface area contributed by atoms with Crippen LogP contribution in [-0.4, -0.2) is 24.0 Å². The molecule has 0 saturated carbocycles. The Morgan fingerprint density at radius 2 is 2.12 bits per heavy atom. The highest BCUT2D eigenvalue weighted by molar-refractivity contribution is 5.72. The summed E-state index contributed by atoms with van der Waals surface area (Å²) in [5.41, 5.74) is 0.823. The quantitative estimate of drug-likeness (QED) is 0.815. The van der Waals surface area contributed by atoms with Crippen LogP contribution in [0.25, 0.3) is 0 Å². The van der Waals surface area contributed by atoms with Crippen LogP contribution in [0.5, 0.6) is 5.75 Å².